The Bertz CT molecular complexity index is 1170. The van der Waals surface area contributed by atoms with Crippen molar-refractivity contribution in [2.24, 2.45) is 0 Å². The van der Waals surface area contributed by atoms with Gasteiger partial charge in [0, 0.05) is 48.9 Å². The van der Waals surface area contributed by atoms with Crippen LogP contribution in [0.2, 0.25) is 5.02 Å². The second kappa shape index (κ2) is 8.29. The average molecular weight is 464 g/mol. The molecule has 1 saturated heterocycles. The van der Waals surface area contributed by atoms with E-state index in [1.54, 1.807) is 29.2 Å². The lowest BCUT2D eigenvalue weighted by molar-refractivity contribution is -0.384. The third kappa shape index (κ3) is 4.27. The molecule has 162 valence electrons. The van der Waals surface area contributed by atoms with Crippen LogP contribution in [0.5, 0.6) is 5.75 Å². The molecule has 11 heteroatoms. The third-order valence-corrected chi connectivity index (χ3v) is 7.32. The van der Waals surface area contributed by atoms with Crippen molar-refractivity contribution in [3.63, 3.8) is 0 Å². The summed E-state index contributed by atoms with van der Waals surface area (Å²) in [6.45, 7) is 0.841. The molecular formula is C20H18ClN3O6S. The second-order valence-corrected chi connectivity index (χ2v) is 9.46. The fourth-order valence-corrected chi connectivity index (χ4v) is 5.10. The molecule has 0 radical (unpaired) electrons. The number of benzene rings is 2. The monoisotopic (exact) mass is 463 g/mol. The summed E-state index contributed by atoms with van der Waals surface area (Å²) in [5, 5.41) is 11.3. The van der Waals surface area contributed by atoms with Crippen LogP contribution in [0.3, 0.4) is 0 Å². The van der Waals surface area contributed by atoms with Gasteiger partial charge in [0.15, 0.2) is 0 Å². The van der Waals surface area contributed by atoms with E-state index in [0.717, 1.165) is 17.7 Å². The summed E-state index contributed by atoms with van der Waals surface area (Å²) >= 11 is 6.01. The molecule has 2 heterocycles. The molecule has 2 aromatic rings. The van der Waals surface area contributed by atoms with Crippen LogP contribution in [-0.4, -0.2) is 61.2 Å². The molecule has 0 unspecified atom stereocenters. The highest BCUT2D eigenvalue weighted by Crippen LogP contribution is 2.30. The zero-order valence-electron chi connectivity index (χ0n) is 16.2. The molecule has 2 aliphatic rings. The van der Waals surface area contributed by atoms with Crippen LogP contribution in [0.15, 0.2) is 52.9 Å². The van der Waals surface area contributed by atoms with Crippen LogP contribution < -0.4 is 4.74 Å². The number of nitro groups is 1. The Morgan fingerprint density at radius 1 is 1.06 bits per heavy atom. The van der Waals surface area contributed by atoms with E-state index >= 15 is 0 Å². The first-order valence-electron chi connectivity index (χ1n) is 9.42. The van der Waals surface area contributed by atoms with Gasteiger partial charge in [0.2, 0.25) is 10.0 Å². The topological polar surface area (TPSA) is 110 Å². The first kappa shape index (κ1) is 21.3. The molecule has 1 fully saturated rings. The minimum Gasteiger partial charge on any atom is -0.488 e. The summed E-state index contributed by atoms with van der Waals surface area (Å²) in [5.74, 6) is 0.443. The highest BCUT2D eigenvalue weighted by atomic mass is 35.5. The van der Waals surface area contributed by atoms with Crippen molar-refractivity contribution in [1.29, 1.82) is 0 Å². The van der Waals surface area contributed by atoms with E-state index in [-0.39, 0.29) is 49.3 Å². The van der Waals surface area contributed by atoms with Gasteiger partial charge < -0.3 is 9.64 Å². The van der Waals surface area contributed by atoms with E-state index in [1.807, 2.05) is 0 Å². The van der Waals surface area contributed by atoms with E-state index < -0.39 is 14.9 Å². The fraction of sp³-hybridized carbons (Fsp3) is 0.250. The van der Waals surface area contributed by atoms with Crippen molar-refractivity contribution in [3.8, 4) is 5.75 Å². The normalized spacial score (nSPS) is 16.8. The Hall–Kier alpha value is -2.95. The molecule has 4 rings (SSSR count). The maximum absolute atomic E-state index is 12.9. The zero-order chi connectivity index (χ0) is 22.2. The van der Waals surface area contributed by atoms with Crippen LogP contribution >= 0.6 is 11.6 Å². The number of hydrogen-bond donors (Lipinski definition) is 0. The molecular weight excluding hydrogens is 446 g/mol. The summed E-state index contributed by atoms with van der Waals surface area (Å²) in [6, 6.07) is 9.94. The van der Waals surface area contributed by atoms with Crippen LogP contribution in [0, 0.1) is 10.1 Å². The lowest BCUT2D eigenvalue weighted by Gasteiger charge is -2.34. The lowest BCUT2D eigenvalue weighted by atomic mass is 10.1. The molecule has 0 aromatic heterocycles. The van der Waals surface area contributed by atoms with Crippen molar-refractivity contribution in [3.05, 3.63) is 68.7 Å². The number of ether oxygens (including phenoxy) is 1. The molecule has 9 nitrogen and oxygen atoms in total. The summed E-state index contributed by atoms with van der Waals surface area (Å²) in [5.41, 5.74) is 1.02. The van der Waals surface area contributed by atoms with Crippen LogP contribution in [0.25, 0.3) is 6.08 Å². The second-order valence-electron chi connectivity index (χ2n) is 7.09. The van der Waals surface area contributed by atoms with Gasteiger partial charge in [-0.05, 0) is 36.4 Å². The number of rotatable bonds is 4. The van der Waals surface area contributed by atoms with Crippen LogP contribution in [-0.2, 0) is 14.8 Å². The Balaban J connectivity index is 1.43. The van der Waals surface area contributed by atoms with E-state index in [1.165, 1.54) is 16.4 Å². The maximum atomic E-state index is 12.9. The van der Waals surface area contributed by atoms with E-state index in [4.69, 9.17) is 16.3 Å². The lowest BCUT2D eigenvalue weighted by Crippen LogP contribution is -2.51. The Kier molecular flexibility index (Phi) is 5.69. The molecule has 1 amide bonds. The van der Waals surface area contributed by atoms with E-state index in [0.29, 0.717) is 16.3 Å². The number of nitro benzene ring substituents is 1. The van der Waals surface area contributed by atoms with Gasteiger partial charge in [-0.15, -0.1) is 0 Å². The summed E-state index contributed by atoms with van der Waals surface area (Å²) < 4.78 is 32.6. The quantitative estimate of drug-likeness (QED) is 0.509. The van der Waals surface area contributed by atoms with Crippen molar-refractivity contribution >= 4 is 39.3 Å². The van der Waals surface area contributed by atoms with Crippen molar-refractivity contribution < 1.29 is 22.9 Å². The average Bonchev–Trinajstić information content (AvgIpc) is 2.78. The number of hydrogen-bond acceptors (Lipinski definition) is 6. The number of fused-ring (bicyclic) bond motifs is 1. The van der Waals surface area contributed by atoms with Crippen molar-refractivity contribution in [2.45, 2.75) is 4.90 Å². The molecule has 0 N–H and O–H groups in total. The first-order valence-corrected chi connectivity index (χ1v) is 11.2. The predicted molar refractivity (Wildman–Crippen MR) is 113 cm³/mol. The van der Waals surface area contributed by atoms with Gasteiger partial charge in [-0.25, -0.2) is 8.42 Å². The SMILES string of the molecule is O=C(C1=Cc2cc(Cl)ccc2OC1)N1CCN(S(=O)(=O)c2ccc([N+](=O)[O-])cc2)CC1. The van der Waals surface area contributed by atoms with Crippen molar-refractivity contribution in [1.82, 2.24) is 9.21 Å². The Labute approximate surface area is 183 Å². The molecule has 0 bridgehead atoms. The van der Waals surface area contributed by atoms with Crippen LogP contribution in [0.1, 0.15) is 5.56 Å². The summed E-state index contributed by atoms with van der Waals surface area (Å²) in [4.78, 5) is 24.6. The molecule has 0 aliphatic carbocycles. The Morgan fingerprint density at radius 2 is 1.74 bits per heavy atom. The third-order valence-electron chi connectivity index (χ3n) is 5.17. The maximum Gasteiger partial charge on any atom is 0.269 e. The minimum absolute atomic E-state index is 0.0187. The van der Waals surface area contributed by atoms with Gasteiger partial charge >= 0.3 is 0 Å². The minimum atomic E-state index is -3.80. The van der Waals surface area contributed by atoms with Crippen molar-refractivity contribution in [2.75, 3.05) is 32.8 Å². The van der Waals surface area contributed by atoms with Gasteiger partial charge in [0.1, 0.15) is 12.4 Å². The zero-order valence-corrected chi connectivity index (χ0v) is 17.8. The van der Waals surface area contributed by atoms with Gasteiger partial charge in [-0.2, -0.15) is 4.31 Å². The number of sulfonamides is 1. The number of carbonyl (C=O) groups excluding carboxylic acids is 1. The smallest absolute Gasteiger partial charge is 0.269 e. The number of carbonyl (C=O) groups is 1. The fourth-order valence-electron chi connectivity index (χ4n) is 3.50. The predicted octanol–water partition coefficient (Wildman–Crippen LogP) is 2.56. The highest BCUT2D eigenvalue weighted by molar-refractivity contribution is 7.89. The molecule has 2 aromatic carbocycles. The van der Waals surface area contributed by atoms with Gasteiger partial charge in [0.25, 0.3) is 11.6 Å². The van der Waals surface area contributed by atoms with Crippen LogP contribution in [0.4, 0.5) is 5.69 Å². The number of non-ortho nitro benzene ring substituents is 1. The number of nitrogens with zero attached hydrogens (tertiary/aromatic N) is 3. The van der Waals surface area contributed by atoms with Gasteiger partial charge in [0.05, 0.1) is 15.4 Å². The first-order chi connectivity index (χ1) is 14.8. The largest absolute Gasteiger partial charge is 0.488 e. The summed E-state index contributed by atoms with van der Waals surface area (Å²) in [7, 11) is -3.80. The molecule has 31 heavy (non-hydrogen) atoms. The molecule has 0 atom stereocenters. The summed E-state index contributed by atoms with van der Waals surface area (Å²) in [6.07, 6.45) is 1.74. The number of amides is 1. The van der Waals surface area contributed by atoms with E-state index in [9.17, 15) is 23.3 Å². The molecule has 0 saturated carbocycles. The number of halogens is 1. The van der Waals surface area contributed by atoms with Gasteiger partial charge in [-0.3, -0.25) is 14.9 Å². The molecule has 0 spiro atoms. The van der Waals surface area contributed by atoms with Gasteiger partial charge in [-0.1, -0.05) is 11.6 Å². The molecule has 2 aliphatic heterocycles. The van der Waals surface area contributed by atoms with E-state index in [2.05, 4.69) is 0 Å². The highest BCUT2D eigenvalue weighted by Gasteiger charge is 2.32. The Morgan fingerprint density at radius 3 is 2.39 bits per heavy atom. The standard InChI is InChI=1S/C20H18ClN3O6S/c21-16-1-6-19-14(12-16)11-15(13-30-19)20(25)22-7-9-23(10-8-22)31(28,29)18-4-2-17(3-5-18)24(26)27/h1-6,11-12H,7-10,13H2. The number of piperazine rings is 1.